The zero-order valence-electron chi connectivity index (χ0n) is 11.3. The Morgan fingerprint density at radius 2 is 2.05 bits per heavy atom. The average Bonchev–Trinajstić information content (AvgIpc) is 2.39. The Kier molecular flexibility index (Phi) is 6.41. The van der Waals surface area contributed by atoms with Crippen LogP contribution in [0.15, 0.2) is 24.3 Å². The Morgan fingerprint density at radius 1 is 1.37 bits per heavy atom. The van der Waals surface area contributed by atoms with Gasteiger partial charge in [-0.3, -0.25) is 5.32 Å². The van der Waals surface area contributed by atoms with Gasteiger partial charge in [0.25, 0.3) is 0 Å². The molecule has 1 rings (SSSR count). The van der Waals surface area contributed by atoms with Crippen LogP contribution in [0.2, 0.25) is 0 Å². The quantitative estimate of drug-likeness (QED) is 0.771. The van der Waals surface area contributed by atoms with Gasteiger partial charge in [0.2, 0.25) is 0 Å². The number of amides is 1. The Hall–Kier alpha value is -2.06. The van der Waals surface area contributed by atoms with E-state index < -0.39 is 6.09 Å². The van der Waals surface area contributed by atoms with Crippen LogP contribution in [0, 0.1) is 11.3 Å². The molecule has 1 aromatic rings. The van der Waals surface area contributed by atoms with Crippen molar-refractivity contribution in [2.45, 2.75) is 26.3 Å². The predicted octanol–water partition coefficient (Wildman–Crippen LogP) is 2.49. The van der Waals surface area contributed by atoms with E-state index in [-0.39, 0.29) is 0 Å². The highest BCUT2D eigenvalue weighted by atomic mass is 16.5. The number of nitrogens with one attached hydrogen (secondary N) is 2. The lowest BCUT2D eigenvalue weighted by atomic mass is 10.2. The molecule has 0 aliphatic heterocycles. The summed E-state index contributed by atoms with van der Waals surface area (Å²) in [4.78, 5) is 11.4. The molecule has 0 radical (unpaired) electrons. The molecule has 0 fully saturated rings. The Morgan fingerprint density at radius 3 is 2.63 bits per heavy atom. The molecule has 5 heteroatoms. The normalized spacial score (nSPS) is 10.0. The van der Waals surface area contributed by atoms with Crippen molar-refractivity contribution in [3.8, 4) is 6.07 Å². The second-order valence-corrected chi connectivity index (χ2v) is 4.41. The smallest absolute Gasteiger partial charge is 0.411 e. The molecule has 5 nitrogen and oxygen atoms in total. The molecule has 0 spiro atoms. The molecular weight excluding hydrogens is 242 g/mol. The lowest BCUT2D eigenvalue weighted by Gasteiger charge is -2.09. The second kappa shape index (κ2) is 8.11. The van der Waals surface area contributed by atoms with Gasteiger partial charge in [-0.05, 0) is 37.2 Å². The molecule has 2 N–H and O–H groups in total. The summed E-state index contributed by atoms with van der Waals surface area (Å²) in [6.07, 6.45) is 0.299. The van der Waals surface area contributed by atoms with Gasteiger partial charge in [-0.25, -0.2) is 4.79 Å². The minimum Gasteiger partial charge on any atom is -0.449 e. The first-order chi connectivity index (χ1) is 9.11. The number of hydrogen-bond donors (Lipinski definition) is 2. The Bertz CT molecular complexity index is 435. The van der Waals surface area contributed by atoms with E-state index in [1.807, 2.05) is 6.07 Å². The standard InChI is InChI=1S/C14H19N3O2/c1-11(2)16-8-3-9-19-14(18)17-13-6-4-12(10-15)5-7-13/h4-7,11,16H,3,8-9H2,1-2H3,(H,17,18). The van der Waals surface area contributed by atoms with Crippen LogP contribution in [0.1, 0.15) is 25.8 Å². The minimum absolute atomic E-state index is 0.377. The highest BCUT2D eigenvalue weighted by Crippen LogP contribution is 2.08. The summed E-state index contributed by atoms with van der Waals surface area (Å²) in [5, 5.41) is 14.5. The summed E-state index contributed by atoms with van der Waals surface area (Å²) < 4.78 is 5.03. The van der Waals surface area contributed by atoms with Crippen molar-refractivity contribution in [2.24, 2.45) is 0 Å². The number of anilines is 1. The molecule has 0 bridgehead atoms. The molecule has 19 heavy (non-hydrogen) atoms. The number of nitrogens with zero attached hydrogens (tertiary/aromatic N) is 1. The topological polar surface area (TPSA) is 74.2 Å². The van der Waals surface area contributed by atoms with Crippen LogP contribution in [0.4, 0.5) is 10.5 Å². The van der Waals surface area contributed by atoms with Gasteiger partial charge in [0.15, 0.2) is 0 Å². The third-order valence-electron chi connectivity index (χ3n) is 2.37. The van der Waals surface area contributed by atoms with E-state index >= 15 is 0 Å². The van der Waals surface area contributed by atoms with Crippen molar-refractivity contribution in [3.05, 3.63) is 29.8 Å². The van der Waals surface area contributed by atoms with Crippen molar-refractivity contribution in [1.29, 1.82) is 5.26 Å². The summed E-state index contributed by atoms with van der Waals surface area (Å²) in [6, 6.07) is 9.07. The number of rotatable bonds is 6. The van der Waals surface area contributed by atoms with Gasteiger partial charge in [0.1, 0.15) is 0 Å². The van der Waals surface area contributed by atoms with Crippen molar-refractivity contribution in [1.82, 2.24) is 5.32 Å². The third-order valence-corrected chi connectivity index (χ3v) is 2.37. The summed E-state index contributed by atoms with van der Waals surface area (Å²) in [5.74, 6) is 0. The lowest BCUT2D eigenvalue weighted by Crippen LogP contribution is -2.25. The van der Waals surface area contributed by atoms with Crippen LogP contribution >= 0.6 is 0 Å². The van der Waals surface area contributed by atoms with Crippen LogP contribution in [0.5, 0.6) is 0 Å². The first kappa shape index (κ1) is 15.0. The van der Waals surface area contributed by atoms with Crippen LogP contribution in [0.25, 0.3) is 0 Å². The first-order valence-corrected chi connectivity index (χ1v) is 6.29. The van der Waals surface area contributed by atoms with E-state index in [0.29, 0.717) is 23.9 Å². The van der Waals surface area contributed by atoms with Crippen molar-refractivity contribution in [3.63, 3.8) is 0 Å². The lowest BCUT2D eigenvalue weighted by molar-refractivity contribution is 0.160. The SMILES string of the molecule is CC(C)NCCCOC(=O)Nc1ccc(C#N)cc1. The highest BCUT2D eigenvalue weighted by molar-refractivity contribution is 5.84. The minimum atomic E-state index is -0.478. The van der Waals surface area contributed by atoms with Gasteiger partial charge in [0.05, 0.1) is 18.2 Å². The van der Waals surface area contributed by atoms with E-state index in [4.69, 9.17) is 10.00 Å². The largest absolute Gasteiger partial charge is 0.449 e. The molecule has 1 aromatic carbocycles. The molecule has 0 heterocycles. The summed E-state index contributed by atoms with van der Waals surface area (Å²) in [6.45, 7) is 5.33. The van der Waals surface area contributed by atoms with E-state index in [2.05, 4.69) is 24.5 Å². The third kappa shape index (κ3) is 6.43. The van der Waals surface area contributed by atoms with Crippen LogP contribution in [0.3, 0.4) is 0 Å². The molecule has 102 valence electrons. The molecular formula is C14H19N3O2. The van der Waals surface area contributed by atoms with Gasteiger partial charge in [-0.15, -0.1) is 0 Å². The highest BCUT2D eigenvalue weighted by Gasteiger charge is 2.02. The second-order valence-electron chi connectivity index (χ2n) is 4.41. The number of ether oxygens (including phenoxy) is 1. The zero-order valence-corrected chi connectivity index (χ0v) is 11.3. The number of benzene rings is 1. The Balaban J connectivity index is 2.22. The fourth-order valence-corrected chi connectivity index (χ4v) is 1.41. The first-order valence-electron chi connectivity index (χ1n) is 6.29. The van der Waals surface area contributed by atoms with Crippen molar-refractivity contribution >= 4 is 11.8 Å². The molecule has 0 atom stereocenters. The molecule has 0 aliphatic rings. The van der Waals surface area contributed by atoms with Gasteiger partial charge in [-0.1, -0.05) is 13.8 Å². The number of carbonyl (C=O) groups excluding carboxylic acids is 1. The zero-order chi connectivity index (χ0) is 14.1. The fraction of sp³-hybridized carbons (Fsp3) is 0.429. The number of nitriles is 1. The van der Waals surface area contributed by atoms with E-state index in [1.54, 1.807) is 24.3 Å². The summed E-state index contributed by atoms with van der Waals surface area (Å²) >= 11 is 0. The van der Waals surface area contributed by atoms with E-state index in [1.165, 1.54) is 0 Å². The van der Waals surface area contributed by atoms with Crippen LogP contribution < -0.4 is 10.6 Å². The molecule has 0 saturated carbocycles. The van der Waals surface area contributed by atoms with Crippen molar-refractivity contribution in [2.75, 3.05) is 18.5 Å². The van der Waals surface area contributed by atoms with Gasteiger partial charge in [-0.2, -0.15) is 5.26 Å². The van der Waals surface area contributed by atoms with Crippen LogP contribution in [-0.2, 0) is 4.74 Å². The average molecular weight is 261 g/mol. The fourth-order valence-electron chi connectivity index (χ4n) is 1.41. The predicted molar refractivity (Wildman–Crippen MR) is 73.9 cm³/mol. The maximum Gasteiger partial charge on any atom is 0.411 e. The summed E-state index contributed by atoms with van der Waals surface area (Å²) in [7, 11) is 0. The summed E-state index contributed by atoms with van der Waals surface area (Å²) in [5.41, 5.74) is 1.17. The maximum atomic E-state index is 11.4. The Labute approximate surface area is 113 Å². The van der Waals surface area contributed by atoms with Crippen LogP contribution in [-0.4, -0.2) is 25.3 Å². The van der Waals surface area contributed by atoms with Gasteiger partial charge < -0.3 is 10.1 Å². The van der Waals surface area contributed by atoms with E-state index in [9.17, 15) is 4.79 Å². The molecule has 0 aliphatic carbocycles. The molecule has 0 saturated heterocycles. The van der Waals surface area contributed by atoms with Gasteiger partial charge >= 0.3 is 6.09 Å². The molecule has 0 aromatic heterocycles. The van der Waals surface area contributed by atoms with Gasteiger partial charge in [0, 0.05) is 11.7 Å². The number of carbonyl (C=O) groups is 1. The molecule has 1 amide bonds. The van der Waals surface area contributed by atoms with Crippen molar-refractivity contribution < 1.29 is 9.53 Å². The molecule has 0 unspecified atom stereocenters. The maximum absolute atomic E-state index is 11.4. The van der Waals surface area contributed by atoms with E-state index in [0.717, 1.165) is 13.0 Å². The number of hydrogen-bond acceptors (Lipinski definition) is 4. The monoisotopic (exact) mass is 261 g/mol.